The van der Waals surface area contributed by atoms with E-state index in [1.807, 2.05) is 31.5 Å². The Bertz CT molecular complexity index is 859. The van der Waals surface area contributed by atoms with Crippen LogP contribution in [0.4, 0.5) is 0 Å². The van der Waals surface area contributed by atoms with E-state index in [4.69, 9.17) is 0 Å². The highest BCUT2D eigenvalue weighted by Gasteiger charge is 2.15. The third kappa shape index (κ3) is 2.38. The molecule has 0 aliphatic heterocycles. The molecule has 2 heterocycles. The molecule has 1 aromatic carbocycles. The highest BCUT2D eigenvalue weighted by molar-refractivity contribution is 9.09. The lowest BCUT2D eigenvalue weighted by molar-refractivity contribution is 0.795. The Labute approximate surface area is 136 Å². The average Bonchev–Trinajstić information content (AvgIpc) is 3.07. The van der Waals surface area contributed by atoms with Crippen molar-refractivity contribution in [2.75, 3.05) is 0 Å². The zero-order valence-electron chi connectivity index (χ0n) is 12.3. The first-order chi connectivity index (χ1) is 10.0. The first-order valence-electron chi connectivity index (χ1n) is 6.91. The summed E-state index contributed by atoms with van der Waals surface area (Å²) in [4.78, 5) is 14.9. The Balaban J connectivity index is 2.08. The van der Waals surface area contributed by atoms with Crippen LogP contribution in [0.1, 0.15) is 27.1 Å². The highest BCUT2D eigenvalue weighted by Crippen LogP contribution is 2.36. The quantitative estimate of drug-likeness (QED) is 0.645. The standard InChI is InChI=1S/C16H17BrN2OS/c1-4-11-6-8-14(21-11)15(17)10-5-7-12-13(9-10)19(3)16(20)18(12)2/h5-9,15H,4H2,1-3H3. The number of aromatic nitrogens is 2. The van der Waals surface area contributed by atoms with Crippen LogP contribution in [0.5, 0.6) is 0 Å². The molecule has 0 saturated carbocycles. The van der Waals surface area contributed by atoms with Gasteiger partial charge in [-0.1, -0.05) is 28.9 Å². The topological polar surface area (TPSA) is 26.9 Å². The molecule has 21 heavy (non-hydrogen) atoms. The zero-order chi connectivity index (χ0) is 15.1. The van der Waals surface area contributed by atoms with Crippen LogP contribution < -0.4 is 5.69 Å². The fraction of sp³-hybridized carbons (Fsp3) is 0.312. The number of hydrogen-bond donors (Lipinski definition) is 0. The molecule has 1 atom stereocenters. The number of imidazole rings is 1. The molecule has 110 valence electrons. The lowest BCUT2D eigenvalue weighted by atomic mass is 10.1. The normalized spacial score (nSPS) is 13.0. The van der Waals surface area contributed by atoms with Crippen molar-refractivity contribution in [3.05, 3.63) is 56.1 Å². The van der Waals surface area contributed by atoms with E-state index in [-0.39, 0.29) is 10.5 Å². The van der Waals surface area contributed by atoms with Crippen molar-refractivity contribution in [1.82, 2.24) is 9.13 Å². The molecule has 0 amide bonds. The molecule has 0 N–H and O–H groups in total. The van der Waals surface area contributed by atoms with E-state index in [0.29, 0.717) is 0 Å². The molecule has 0 radical (unpaired) electrons. The summed E-state index contributed by atoms with van der Waals surface area (Å²) in [5.41, 5.74) is 3.12. The summed E-state index contributed by atoms with van der Waals surface area (Å²) in [6, 6.07) is 10.6. The third-order valence-corrected chi connectivity index (χ3v) is 6.49. The number of benzene rings is 1. The van der Waals surface area contributed by atoms with Crippen molar-refractivity contribution < 1.29 is 0 Å². The Hall–Kier alpha value is -1.33. The number of alkyl halides is 1. The highest BCUT2D eigenvalue weighted by atomic mass is 79.9. The molecule has 0 aliphatic rings. The molecule has 0 fully saturated rings. The van der Waals surface area contributed by atoms with Gasteiger partial charge in [-0.3, -0.25) is 9.13 Å². The van der Waals surface area contributed by atoms with Crippen molar-refractivity contribution in [2.45, 2.75) is 18.2 Å². The van der Waals surface area contributed by atoms with Gasteiger partial charge in [-0.2, -0.15) is 0 Å². The van der Waals surface area contributed by atoms with Gasteiger partial charge in [0.25, 0.3) is 0 Å². The fourth-order valence-corrected chi connectivity index (χ4v) is 4.24. The average molecular weight is 365 g/mol. The Morgan fingerprint density at radius 2 is 1.86 bits per heavy atom. The van der Waals surface area contributed by atoms with Crippen LogP contribution in [0, 0.1) is 0 Å². The van der Waals surface area contributed by atoms with Gasteiger partial charge in [-0.25, -0.2) is 4.79 Å². The largest absolute Gasteiger partial charge is 0.328 e. The summed E-state index contributed by atoms with van der Waals surface area (Å²) in [6.45, 7) is 2.17. The summed E-state index contributed by atoms with van der Waals surface area (Å²) in [5, 5.41) is 0. The van der Waals surface area contributed by atoms with Gasteiger partial charge in [0.15, 0.2) is 0 Å². The van der Waals surface area contributed by atoms with E-state index in [0.717, 1.165) is 17.5 Å². The first-order valence-corrected chi connectivity index (χ1v) is 8.64. The lowest BCUT2D eigenvalue weighted by Crippen LogP contribution is -2.19. The van der Waals surface area contributed by atoms with E-state index >= 15 is 0 Å². The molecule has 0 saturated heterocycles. The van der Waals surface area contributed by atoms with Gasteiger partial charge in [0.05, 0.1) is 15.9 Å². The minimum Gasteiger partial charge on any atom is -0.295 e. The molecule has 5 heteroatoms. The molecule has 0 aliphatic carbocycles. The van der Waals surface area contributed by atoms with Crippen molar-refractivity contribution in [3.8, 4) is 0 Å². The second-order valence-electron chi connectivity index (χ2n) is 5.17. The maximum Gasteiger partial charge on any atom is 0.328 e. The summed E-state index contributed by atoms with van der Waals surface area (Å²) < 4.78 is 3.38. The number of nitrogens with zero attached hydrogens (tertiary/aromatic N) is 2. The molecule has 3 aromatic rings. The third-order valence-electron chi connectivity index (χ3n) is 3.87. The lowest BCUT2D eigenvalue weighted by Gasteiger charge is -2.09. The van der Waals surface area contributed by atoms with Crippen LogP contribution in [0.2, 0.25) is 0 Å². The van der Waals surface area contributed by atoms with E-state index < -0.39 is 0 Å². The zero-order valence-corrected chi connectivity index (χ0v) is 14.7. The van der Waals surface area contributed by atoms with E-state index in [1.165, 1.54) is 15.3 Å². The number of fused-ring (bicyclic) bond motifs is 1. The van der Waals surface area contributed by atoms with Gasteiger partial charge in [-0.05, 0) is 36.2 Å². The van der Waals surface area contributed by atoms with Crippen LogP contribution in [0.25, 0.3) is 11.0 Å². The first kappa shape index (κ1) is 14.6. The van der Waals surface area contributed by atoms with Gasteiger partial charge in [0, 0.05) is 23.8 Å². The van der Waals surface area contributed by atoms with Crippen LogP contribution in [0.3, 0.4) is 0 Å². The minimum absolute atomic E-state index is 0.0117. The van der Waals surface area contributed by atoms with Crippen molar-refractivity contribution in [3.63, 3.8) is 0 Å². The Morgan fingerprint density at radius 1 is 1.14 bits per heavy atom. The predicted molar refractivity (Wildman–Crippen MR) is 92.6 cm³/mol. The SMILES string of the molecule is CCc1ccc(C(Br)c2ccc3c(c2)n(C)c(=O)n3C)s1. The molecule has 2 aromatic heterocycles. The molecule has 3 rings (SSSR count). The monoisotopic (exact) mass is 364 g/mol. The van der Waals surface area contributed by atoms with E-state index in [9.17, 15) is 4.79 Å². The van der Waals surface area contributed by atoms with E-state index in [2.05, 4.69) is 47.1 Å². The second-order valence-corrected chi connectivity index (χ2v) is 7.28. The summed E-state index contributed by atoms with van der Waals surface area (Å²) >= 11 is 5.62. The van der Waals surface area contributed by atoms with Crippen molar-refractivity contribution >= 4 is 38.3 Å². The van der Waals surface area contributed by atoms with Gasteiger partial charge in [0.1, 0.15) is 0 Å². The van der Waals surface area contributed by atoms with Crippen LogP contribution in [-0.2, 0) is 20.5 Å². The molecular formula is C16H17BrN2OS. The maximum atomic E-state index is 12.0. The number of thiophene rings is 1. The second kappa shape index (κ2) is 5.46. The summed E-state index contributed by atoms with van der Waals surface area (Å²) in [7, 11) is 3.63. The number of aryl methyl sites for hydroxylation is 3. The van der Waals surface area contributed by atoms with Gasteiger partial charge in [0.2, 0.25) is 0 Å². The molecule has 1 unspecified atom stereocenters. The van der Waals surface area contributed by atoms with Crippen LogP contribution >= 0.6 is 27.3 Å². The number of rotatable bonds is 3. The Morgan fingerprint density at radius 3 is 2.52 bits per heavy atom. The molecule has 0 spiro atoms. The van der Waals surface area contributed by atoms with Gasteiger partial charge >= 0.3 is 5.69 Å². The minimum atomic E-state index is 0.0117. The molecule has 0 bridgehead atoms. The van der Waals surface area contributed by atoms with Crippen LogP contribution in [-0.4, -0.2) is 9.13 Å². The maximum absolute atomic E-state index is 12.0. The molecule has 3 nitrogen and oxygen atoms in total. The predicted octanol–water partition coefficient (Wildman–Crippen LogP) is 3.99. The fourth-order valence-electron chi connectivity index (χ4n) is 2.57. The number of halogens is 1. The van der Waals surface area contributed by atoms with Gasteiger partial charge < -0.3 is 0 Å². The molecular weight excluding hydrogens is 348 g/mol. The van der Waals surface area contributed by atoms with Crippen molar-refractivity contribution in [1.29, 1.82) is 0 Å². The summed E-state index contributed by atoms with van der Waals surface area (Å²) in [5.74, 6) is 0. The summed E-state index contributed by atoms with van der Waals surface area (Å²) in [6.07, 6.45) is 1.07. The smallest absolute Gasteiger partial charge is 0.295 e. The number of hydrogen-bond acceptors (Lipinski definition) is 2. The van der Waals surface area contributed by atoms with Gasteiger partial charge in [-0.15, -0.1) is 11.3 Å². The van der Waals surface area contributed by atoms with Crippen LogP contribution in [0.15, 0.2) is 35.1 Å². The van der Waals surface area contributed by atoms with Crippen molar-refractivity contribution in [2.24, 2.45) is 14.1 Å². The Kier molecular flexibility index (Phi) is 3.80. The van der Waals surface area contributed by atoms with E-state index in [1.54, 1.807) is 9.13 Å².